The van der Waals surface area contributed by atoms with E-state index in [9.17, 15) is 14.7 Å². The average molecular weight is 364 g/mol. The summed E-state index contributed by atoms with van der Waals surface area (Å²) in [4.78, 5) is 23.6. The van der Waals surface area contributed by atoms with Gasteiger partial charge < -0.3 is 19.7 Å². The van der Waals surface area contributed by atoms with E-state index in [4.69, 9.17) is 4.74 Å². The molecule has 27 heavy (non-hydrogen) atoms. The van der Waals surface area contributed by atoms with Crippen molar-refractivity contribution < 1.29 is 19.4 Å². The van der Waals surface area contributed by atoms with Gasteiger partial charge in [-0.3, -0.25) is 9.59 Å². The van der Waals surface area contributed by atoms with E-state index >= 15 is 0 Å². The highest BCUT2D eigenvalue weighted by Gasteiger charge is 2.31. The SMILES string of the molecule is CNC(=O)c1cc(C=O)cc2c1OCC2c1cccc2c1ccn2CCO. The third-order valence-corrected chi connectivity index (χ3v) is 5.08. The Labute approximate surface area is 156 Å². The molecule has 1 aromatic heterocycles. The lowest BCUT2D eigenvalue weighted by molar-refractivity contribution is 0.0960. The van der Waals surface area contributed by atoms with Crippen LogP contribution in [0, 0.1) is 0 Å². The molecule has 0 saturated heterocycles. The highest BCUT2D eigenvalue weighted by Crippen LogP contribution is 2.43. The third kappa shape index (κ3) is 2.78. The van der Waals surface area contributed by atoms with Gasteiger partial charge in [-0.1, -0.05) is 12.1 Å². The van der Waals surface area contributed by atoms with Crippen LogP contribution in [0.1, 0.15) is 37.8 Å². The first-order valence-corrected chi connectivity index (χ1v) is 8.84. The van der Waals surface area contributed by atoms with Crippen LogP contribution in [-0.2, 0) is 6.54 Å². The number of hydrogen-bond acceptors (Lipinski definition) is 4. The summed E-state index contributed by atoms with van der Waals surface area (Å²) in [7, 11) is 1.55. The number of fused-ring (bicyclic) bond motifs is 2. The monoisotopic (exact) mass is 364 g/mol. The molecule has 138 valence electrons. The molecule has 6 nitrogen and oxygen atoms in total. The van der Waals surface area contributed by atoms with Gasteiger partial charge in [-0.05, 0) is 29.8 Å². The van der Waals surface area contributed by atoms with E-state index in [2.05, 4.69) is 5.32 Å². The number of aliphatic hydroxyl groups is 1. The van der Waals surface area contributed by atoms with Crippen LogP contribution in [0.15, 0.2) is 42.6 Å². The van der Waals surface area contributed by atoms with Crippen LogP contribution in [0.3, 0.4) is 0 Å². The molecule has 0 bridgehead atoms. The van der Waals surface area contributed by atoms with Gasteiger partial charge in [0.1, 0.15) is 12.0 Å². The maximum Gasteiger partial charge on any atom is 0.254 e. The van der Waals surface area contributed by atoms with Gasteiger partial charge in [0.15, 0.2) is 0 Å². The lowest BCUT2D eigenvalue weighted by Gasteiger charge is -2.13. The van der Waals surface area contributed by atoms with Gasteiger partial charge in [0.05, 0.1) is 18.8 Å². The number of rotatable bonds is 5. The van der Waals surface area contributed by atoms with Crippen molar-refractivity contribution in [1.29, 1.82) is 0 Å². The fraction of sp³-hybridized carbons (Fsp3) is 0.238. The molecule has 3 aromatic rings. The molecule has 1 amide bonds. The summed E-state index contributed by atoms with van der Waals surface area (Å²) < 4.78 is 7.91. The third-order valence-electron chi connectivity index (χ3n) is 5.08. The Kier molecular flexibility index (Phi) is 4.41. The molecule has 2 N–H and O–H groups in total. The number of nitrogens with zero attached hydrogens (tertiary/aromatic N) is 1. The fourth-order valence-corrected chi connectivity index (χ4v) is 3.83. The first-order chi connectivity index (χ1) is 13.2. The van der Waals surface area contributed by atoms with E-state index in [1.54, 1.807) is 19.2 Å². The number of aliphatic hydroxyl groups excluding tert-OH is 1. The normalized spacial score (nSPS) is 15.4. The van der Waals surface area contributed by atoms with Crippen molar-refractivity contribution in [3.8, 4) is 5.75 Å². The Morgan fingerprint density at radius 1 is 1.33 bits per heavy atom. The molecule has 1 unspecified atom stereocenters. The lowest BCUT2D eigenvalue weighted by Crippen LogP contribution is -2.18. The number of carbonyl (C=O) groups is 2. The summed E-state index contributed by atoms with van der Waals surface area (Å²) in [5.41, 5.74) is 3.79. The van der Waals surface area contributed by atoms with Gasteiger partial charge in [0.2, 0.25) is 0 Å². The molecule has 0 saturated carbocycles. The number of nitrogens with one attached hydrogen (secondary N) is 1. The largest absolute Gasteiger partial charge is 0.491 e. The number of ether oxygens (including phenoxy) is 1. The molecule has 0 spiro atoms. The van der Waals surface area contributed by atoms with Crippen LogP contribution in [0.25, 0.3) is 10.9 Å². The topological polar surface area (TPSA) is 80.6 Å². The number of hydrogen-bond donors (Lipinski definition) is 2. The average Bonchev–Trinajstić information content (AvgIpc) is 3.31. The van der Waals surface area contributed by atoms with Crippen molar-refractivity contribution in [1.82, 2.24) is 9.88 Å². The predicted molar refractivity (Wildman–Crippen MR) is 102 cm³/mol. The second-order valence-electron chi connectivity index (χ2n) is 6.56. The number of amides is 1. The van der Waals surface area contributed by atoms with E-state index in [0.717, 1.165) is 28.3 Å². The van der Waals surface area contributed by atoms with Gasteiger partial charge >= 0.3 is 0 Å². The van der Waals surface area contributed by atoms with Crippen molar-refractivity contribution in [2.24, 2.45) is 0 Å². The second kappa shape index (κ2) is 6.89. The molecule has 4 rings (SSSR count). The van der Waals surface area contributed by atoms with E-state index in [1.165, 1.54) is 0 Å². The Hall–Kier alpha value is -3.12. The minimum atomic E-state index is -0.275. The molecular formula is C21H20N2O4. The first kappa shape index (κ1) is 17.3. The van der Waals surface area contributed by atoms with E-state index < -0.39 is 0 Å². The van der Waals surface area contributed by atoms with Crippen LogP contribution in [0.5, 0.6) is 5.75 Å². The van der Waals surface area contributed by atoms with Gasteiger partial charge in [0.25, 0.3) is 5.91 Å². The molecule has 0 fully saturated rings. The zero-order chi connectivity index (χ0) is 19.0. The van der Waals surface area contributed by atoms with Crippen LogP contribution in [0.2, 0.25) is 0 Å². The van der Waals surface area contributed by atoms with Crippen LogP contribution in [-0.4, -0.2) is 42.1 Å². The van der Waals surface area contributed by atoms with Crippen molar-refractivity contribution in [2.75, 3.05) is 20.3 Å². The van der Waals surface area contributed by atoms with Crippen LogP contribution in [0.4, 0.5) is 0 Å². The van der Waals surface area contributed by atoms with Crippen molar-refractivity contribution in [2.45, 2.75) is 12.5 Å². The summed E-state index contributed by atoms with van der Waals surface area (Å²) in [6.45, 7) is 1.01. The summed E-state index contributed by atoms with van der Waals surface area (Å²) >= 11 is 0. The molecule has 2 aromatic carbocycles. The van der Waals surface area contributed by atoms with E-state index in [-0.39, 0.29) is 18.4 Å². The van der Waals surface area contributed by atoms with Crippen LogP contribution < -0.4 is 10.1 Å². The predicted octanol–water partition coefficient (Wildman–Crippen LogP) is 2.33. The van der Waals surface area contributed by atoms with Gasteiger partial charge in [-0.25, -0.2) is 0 Å². The number of aldehydes is 1. The molecular weight excluding hydrogens is 344 g/mol. The first-order valence-electron chi connectivity index (χ1n) is 8.84. The zero-order valence-corrected chi connectivity index (χ0v) is 14.9. The van der Waals surface area contributed by atoms with Gasteiger partial charge in [0, 0.05) is 47.7 Å². The summed E-state index contributed by atoms with van der Waals surface area (Å²) in [6.07, 6.45) is 2.71. The molecule has 1 aliphatic heterocycles. The highest BCUT2D eigenvalue weighted by atomic mass is 16.5. The smallest absolute Gasteiger partial charge is 0.254 e. The van der Waals surface area contributed by atoms with Crippen molar-refractivity contribution in [3.05, 3.63) is 64.8 Å². The fourth-order valence-electron chi connectivity index (χ4n) is 3.83. The number of aromatic nitrogens is 1. The summed E-state index contributed by atoms with van der Waals surface area (Å²) in [5.74, 6) is 0.191. The van der Waals surface area contributed by atoms with Crippen molar-refractivity contribution in [3.63, 3.8) is 0 Å². The maximum absolute atomic E-state index is 12.2. The standard InChI is InChI=1S/C21H20N2O4/c1-22-21(26)17-10-13(11-25)9-16-18(12-27-20(16)17)14-3-2-4-19-15(14)5-6-23(19)7-8-24/h2-6,9-11,18,24H,7-8,12H2,1H3,(H,22,26). The van der Waals surface area contributed by atoms with Gasteiger partial charge in [-0.2, -0.15) is 0 Å². The van der Waals surface area contributed by atoms with E-state index in [1.807, 2.05) is 35.0 Å². The number of carbonyl (C=O) groups excluding carboxylic acids is 2. The molecule has 2 heterocycles. The maximum atomic E-state index is 12.2. The summed E-state index contributed by atoms with van der Waals surface area (Å²) in [6, 6.07) is 11.4. The minimum Gasteiger partial charge on any atom is -0.491 e. The Morgan fingerprint density at radius 3 is 2.93 bits per heavy atom. The lowest BCUT2D eigenvalue weighted by atomic mass is 9.89. The number of benzene rings is 2. The minimum absolute atomic E-state index is 0.0710. The zero-order valence-electron chi connectivity index (χ0n) is 14.9. The van der Waals surface area contributed by atoms with Gasteiger partial charge in [-0.15, -0.1) is 0 Å². The molecule has 1 atom stereocenters. The molecule has 1 aliphatic rings. The molecule has 0 aliphatic carbocycles. The molecule has 0 radical (unpaired) electrons. The molecule has 6 heteroatoms. The Morgan fingerprint density at radius 2 is 2.19 bits per heavy atom. The highest BCUT2D eigenvalue weighted by molar-refractivity contribution is 5.99. The van der Waals surface area contributed by atoms with Crippen molar-refractivity contribution >= 4 is 23.1 Å². The quantitative estimate of drug-likeness (QED) is 0.681. The van der Waals surface area contributed by atoms with Crippen LogP contribution >= 0.6 is 0 Å². The van der Waals surface area contributed by atoms with E-state index in [0.29, 0.717) is 30.0 Å². The Bertz CT molecular complexity index is 1040. The Balaban J connectivity index is 1.87. The summed E-state index contributed by atoms with van der Waals surface area (Å²) in [5, 5.41) is 12.9. The second-order valence-corrected chi connectivity index (χ2v) is 6.56.